The van der Waals surface area contributed by atoms with Crippen LogP contribution in [0.4, 0.5) is 0 Å². The maximum Gasteiger partial charge on any atom is 0.202 e. The molecule has 1 aromatic carbocycles. The SMILES string of the molecule is COCS(=O)(=O)c1cc(Br)ccc1C. The van der Waals surface area contributed by atoms with Crippen molar-refractivity contribution in [1.29, 1.82) is 0 Å². The van der Waals surface area contributed by atoms with Crippen molar-refractivity contribution in [3.8, 4) is 0 Å². The highest BCUT2D eigenvalue weighted by Gasteiger charge is 2.16. The van der Waals surface area contributed by atoms with Crippen molar-refractivity contribution in [2.75, 3.05) is 13.0 Å². The number of hydrogen-bond acceptors (Lipinski definition) is 3. The van der Waals surface area contributed by atoms with Gasteiger partial charge in [0.05, 0.1) is 4.90 Å². The first-order chi connectivity index (χ1) is 6.47. The van der Waals surface area contributed by atoms with E-state index in [4.69, 9.17) is 0 Å². The first-order valence-electron chi connectivity index (χ1n) is 3.95. The summed E-state index contributed by atoms with van der Waals surface area (Å²) in [6, 6.07) is 5.15. The topological polar surface area (TPSA) is 43.4 Å². The van der Waals surface area contributed by atoms with Crippen LogP contribution < -0.4 is 0 Å². The molecule has 0 bridgehead atoms. The maximum absolute atomic E-state index is 11.7. The quantitative estimate of drug-likeness (QED) is 0.851. The van der Waals surface area contributed by atoms with Gasteiger partial charge in [-0.3, -0.25) is 0 Å². The van der Waals surface area contributed by atoms with E-state index in [1.807, 2.05) is 0 Å². The molecule has 0 aromatic heterocycles. The first-order valence-corrected chi connectivity index (χ1v) is 6.40. The maximum atomic E-state index is 11.7. The van der Waals surface area contributed by atoms with Crippen LogP contribution in [-0.4, -0.2) is 21.5 Å². The van der Waals surface area contributed by atoms with Crippen molar-refractivity contribution >= 4 is 25.8 Å². The molecule has 3 nitrogen and oxygen atoms in total. The average molecular weight is 279 g/mol. The predicted octanol–water partition coefficient (Wildman–Crippen LogP) is 2.14. The molecule has 1 rings (SSSR count). The highest BCUT2D eigenvalue weighted by Crippen LogP contribution is 2.21. The van der Waals surface area contributed by atoms with E-state index in [1.165, 1.54) is 7.11 Å². The van der Waals surface area contributed by atoms with Gasteiger partial charge in [-0.25, -0.2) is 8.42 Å². The number of methoxy groups -OCH3 is 1. The van der Waals surface area contributed by atoms with Crippen molar-refractivity contribution in [3.05, 3.63) is 28.2 Å². The Bertz CT molecular complexity index is 426. The number of rotatable bonds is 3. The van der Waals surface area contributed by atoms with Crippen LogP contribution in [0.2, 0.25) is 0 Å². The van der Waals surface area contributed by atoms with Gasteiger partial charge in [-0.05, 0) is 24.6 Å². The second-order valence-corrected chi connectivity index (χ2v) is 5.75. The van der Waals surface area contributed by atoms with Gasteiger partial charge in [-0.2, -0.15) is 0 Å². The van der Waals surface area contributed by atoms with Gasteiger partial charge in [-0.1, -0.05) is 22.0 Å². The predicted molar refractivity (Wildman–Crippen MR) is 57.9 cm³/mol. The summed E-state index contributed by atoms with van der Waals surface area (Å²) in [5.74, 6) is -0.287. The molecule has 0 saturated heterocycles. The van der Waals surface area contributed by atoms with Crippen molar-refractivity contribution in [2.24, 2.45) is 0 Å². The summed E-state index contributed by atoms with van der Waals surface area (Å²) in [5.41, 5.74) is 0.727. The molecule has 0 aliphatic rings. The molecule has 0 N–H and O–H groups in total. The van der Waals surface area contributed by atoms with E-state index in [1.54, 1.807) is 25.1 Å². The molecule has 0 aliphatic heterocycles. The van der Waals surface area contributed by atoms with E-state index < -0.39 is 9.84 Å². The van der Waals surface area contributed by atoms with E-state index in [0.29, 0.717) is 4.90 Å². The van der Waals surface area contributed by atoms with Gasteiger partial charge >= 0.3 is 0 Å². The lowest BCUT2D eigenvalue weighted by molar-refractivity contribution is 0.249. The van der Waals surface area contributed by atoms with E-state index in [2.05, 4.69) is 20.7 Å². The number of sulfone groups is 1. The number of ether oxygens (including phenoxy) is 1. The smallest absolute Gasteiger partial charge is 0.202 e. The van der Waals surface area contributed by atoms with Gasteiger partial charge in [0.1, 0.15) is 0 Å². The van der Waals surface area contributed by atoms with Crippen LogP contribution in [0.5, 0.6) is 0 Å². The van der Waals surface area contributed by atoms with Crippen molar-refractivity contribution in [3.63, 3.8) is 0 Å². The lowest BCUT2D eigenvalue weighted by atomic mass is 10.2. The molecule has 0 unspecified atom stereocenters. The Kier molecular flexibility index (Phi) is 3.69. The zero-order valence-corrected chi connectivity index (χ0v) is 10.4. The number of benzene rings is 1. The number of halogens is 1. The summed E-state index contributed by atoms with van der Waals surface area (Å²) >= 11 is 3.23. The molecule has 1 aromatic rings. The fraction of sp³-hybridized carbons (Fsp3) is 0.333. The summed E-state index contributed by atoms with van der Waals surface area (Å²) in [5, 5.41) is 0. The van der Waals surface area contributed by atoms with Gasteiger partial charge in [0, 0.05) is 11.6 Å². The molecule has 0 spiro atoms. The van der Waals surface area contributed by atoms with Gasteiger partial charge in [0.25, 0.3) is 0 Å². The lowest BCUT2D eigenvalue weighted by Gasteiger charge is -2.06. The van der Waals surface area contributed by atoms with E-state index in [-0.39, 0.29) is 5.94 Å². The monoisotopic (exact) mass is 278 g/mol. The standard InChI is InChI=1S/C9H11BrO3S/c1-7-3-4-8(10)5-9(7)14(11,12)6-13-2/h3-5H,6H2,1-2H3. The molecule has 0 amide bonds. The van der Waals surface area contributed by atoms with Gasteiger partial charge < -0.3 is 4.74 Å². The first kappa shape index (κ1) is 11.7. The fourth-order valence-corrected chi connectivity index (χ4v) is 2.94. The molecule has 78 valence electrons. The Labute approximate surface area is 92.1 Å². The molecule has 0 heterocycles. The molecular formula is C9H11BrO3S. The van der Waals surface area contributed by atoms with Crippen LogP contribution in [0.25, 0.3) is 0 Å². The molecule has 0 radical (unpaired) electrons. The Morgan fingerprint density at radius 1 is 1.43 bits per heavy atom. The molecule has 0 aliphatic carbocycles. The largest absolute Gasteiger partial charge is 0.368 e. The van der Waals surface area contributed by atoms with Crippen LogP contribution in [0.1, 0.15) is 5.56 Å². The highest BCUT2D eigenvalue weighted by atomic mass is 79.9. The minimum atomic E-state index is -3.32. The van der Waals surface area contributed by atoms with E-state index >= 15 is 0 Å². The minimum absolute atomic E-state index is 0.287. The molecule has 14 heavy (non-hydrogen) atoms. The highest BCUT2D eigenvalue weighted by molar-refractivity contribution is 9.10. The van der Waals surface area contributed by atoms with E-state index in [0.717, 1.165) is 10.0 Å². The van der Waals surface area contributed by atoms with E-state index in [9.17, 15) is 8.42 Å². The van der Waals surface area contributed by atoms with Gasteiger partial charge in [0.2, 0.25) is 9.84 Å². The van der Waals surface area contributed by atoms with Crippen molar-refractivity contribution < 1.29 is 13.2 Å². The summed E-state index contributed by atoms with van der Waals surface area (Å²) in [7, 11) is -1.95. The van der Waals surface area contributed by atoms with Gasteiger partial charge in [0.15, 0.2) is 5.94 Å². The van der Waals surface area contributed by atoms with Crippen LogP contribution in [0.3, 0.4) is 0 Å². The van der Waals surface area contributed by atoms with Crippen LogP contribution in [-0.2, 0) is 14.6 Å². The third kappa shape index (κ3) is 2.56. The Morgan fingerprint density at radius 2 is 2.07 bits per heavy atom. The third-order valence-electron chi connectivity index (χ3n) is 1.76. The minimum Gasteiger partial charge on any atom is -0.368 e. The fourth-order valence-electron chi connectivity index (χ4n) is 1.13. The molecule has 0 saturated carbocycles. The number of hydrogen-bond donors (Lipinski definition) is 0. The summed E-state index contributed by atoms with van der Waals surface area (Å²) < 4.78 is 28.7. The molecule has 0 atom stereocenters. The zero-order chi connectivity index (χ0) is 10.8. The van der Waals surface area contributed by atoms with Crippen LogP contribution in [0.15, 0.2) is 27.6 Å². The zero-order valence-electron chi connectivity index (χ0n) is 7.95. The van der Waals surface area contributed by atoms with Crippen molar-refractivity contribution in [1.82, 2.24) is 0 Å². The second-order valence-electron chi connectivity index (χ2n) is 2.93. The third-order valence-corrected chi connectivity index (χ3v) is 3.91. The summed E-state index contributed by atoms with van der Waals surface area (Å²) in [4.78, 5) is 0.314. The molecular weight excluding hydrogens is 268 g/mol. The summed E-state index contributed by atoms with van der Waals surface area (Å²) in [6.45, 7) is 1.76. The molecule has 5 heteroatoms. The van der Waals surface area contributed by atoms with Crippen LogP contribution >= 0.6 is 15.9 Å². The Balaban J connectivity index is 3.25. The normalized spacial score (nSPS) is 11.6. The second kappa shape index (κ2) is 4.42. The Hall–Kier alpha value is -0.390. The Morgan fingerprint density at radius 3 is 2.64 bits per heavy atom. The number of aryl methyl sites for hydroxylation is 1. The van der Waals surface area contributed by atoms with Crippen molar-refractivity contribution in [2.45, 2.75) is 11.8 Å². The molecule has 0 fully saturated rings. The van der Waals surface area contributed by atoms with Crippen LogP contribution in [0, 0.1) is 6.92 Å². The van der Waals surface area contributed by atoms with Gasteiger partial charge in [-0.15, -0.1) is 0 Å². The average Bonchev–Trinajstić information content (AvgIpc) is 2.09. The lowest BCUT2D eigenvalue weighted by Crippen LogP contribution is -2.09. The summed E-state index contributed by atoms with van der Waals surface area (Å²) in [6.07, 6.45) is 0.